The van der Waals surface area contributed by atoms with Crippen LogP contribution in [0.15, 0.2) is 107 Å². The molecule has 0 unspecified atom stereocenters. The first-order chi connectivity index (χ1) is 34.8. The first-order valence-corrected chi connectivity index (χ1v) is 27.2. The van der Waals surface area contributed by atoms with Crippen LogP contribution >= 0.6 is 0 Å². The van der Waals surface area contributed by atoms with Crippen LogP contribution in [-0.2, 0) is 43.0 Å². The molecule has 9 nitrogen and oxygen atoms in total. The molecule has 396 valence electrons. The monoisotopic (exact) mass is 1000 g/mol. The Morgan fingerprint density at radius 3 is 0.944 bits per heavy atom. The van der Waals surface area contributed by atoms with E-state index in [0.29, 0.717) is 93.8 Å². The predicted molar refractivity (Wildman–Crippen MR) is 276 cm³/mol. The quantitative estimate of drug-likeness (QED) is 0.0812. The van der Waals surface area contributed by atoms with Gasteiger partial charge in [0.1, 0.15) is 18.3 Å². The van der Waals surface area contributed by atoms with Crippen LogP contribution in [-0.4, -0.2) is 53.6 Å². The number of unbranched alkanes of at least 4 members (excludes halogenated alkanes) is 6. The normalized spacial score (nSPS) is 25.8. The van der Waals surface area contributed by atoms with Crippen molar-refractivity contribution in [2.24, 2.45) is 17.8 Å². The Morgan fingerprint density at radius 1 is 0.403 bits per heavy atom. The number of fused-ring (bicyclic) bond motifs is 3. The van der Waals surface area contributed by atoms with Gasteiger partial charge in [0.15, 0.2) is 17.5 Å². The standard InChI is InChI=1S/C60H81F3O9/c1-4-7-16-28-46-34-37-49-43(40-52(61)58(49)67)25-19-11-14-23-32-56(65)71-48(30-18-9-6-3)36-39-51-45(42-54(63)60(51)69)27-21-12-15-24-33-57(66)72-47(29-17-8-5-2)35-38-50-44(41-53(62)59(50)68)26-20-10-13-22-31-55(64)70-46/h10-12,19-21,37-48H,4-9,13-18,22-36H2,1-3H3/t43-,44-,45-,46-,47-,48-/m0/s1. The summed E-state index contributed by atoms with van der Waals surface area (Å²) >= 11 is 0. The molecule has 4 aliphatic rings. The second kappa shape index (κ2) is 33.6. The second-order valence-electron chi connectivity index (χ2n) is 19.7. The summed E-state index contributed by atoms with van der Waals surface area (Å²) in [6, 6.07) is 0. The number of carbonyl (C=O) groups is 6. The molecule has 0 saturated heterocycles. The molecule has 4 rings (SSSR count). The molecule has 3 aliphatic carbocycles. The van der Waals surface area contributed by atoms with Gasteiger partial charge in [-0.05, 0) is 115 Å². The van der Waals surface area contributed by atoms with Crippen molar-refractivity contribution in [1.82, 2.24) is 0 Å². The maximum atomic E-state index is 14.7. The molecule has 0 aromatic carbocycles. The Bertz CT molecular complexity index is 1870. The third kappa shape index (κ3) is 21.1. The van der Waals surface area contributed by atoms with Gasteiger partial charge in [-0.2, -0.15) is 0 Å². The van der Waals surface area contributed by atoms with Gasteiger partial charge < -0.3 is 14.2 Å². The summed E-state index contributed by atoms with van der Waals surface area (Å²) in [5.74, 6) is -6.88. The predicted octanol–water partition coefficient (Wildman–Crippen LogP) is 14.9. The number of esters is 3. The summed E-state index contributed by atoms with van der Waals surface area (Å²) < 4.78 is 61.9. The molecule has 0 bridgehead atoms. The molecule has 0 fully saturated rings. The summed E-state index contributed by atoms with van der Waals surface area (Å²) in [6.45, 7) is 6.24. The maximum Gasteiger partial charge on any atom is 0.306 e. The van der Waals surface area contributed by atoms with E-state index >= 15 is 0 Å². The number of hydrogen-bond acceptors (Lipinski definition) is 9. The van der Waals surface area contributed by atoms with Gasteiger partial charge in [0.25, 0.3) is 0 Å². The Kier molecular flexibility index (Phi) is 27.7. The average molecular weight is 1000 g/mol. The van der Waals surface area contributed by atoms with Crippen LogP contribution < -0.4 is 0 Å². The molecule has 0 aromatic rings. The number of rotatable bonds is 12. The van der Waals surface area contributed by atoms with E-state index in [1.807, 2.05) is 36.5 Å². The van der Waals surface area contributed by atoms with Gasteiger partial charge in [-0.25, -0.2) is 13.2 Å². The van der Waals surface area contributed by atoms with Crippen molar-refractivity contribution >= 4 is 35.3 Å². The molecule has 0 spiro atoms. The zero-order valence-corrected chi connectivity index (χ0v) is 43.3. The van der Waals surface area contributed by atoms with Gasteiger partial charge in [0.05, 0.1) is 0 Å². The number of ketones is 3. The smallest absolute Gasteiger partial charge is 0.306 e. The zero-order chi connectivity index (χ0) is 52.1. The number of Topliss-reactive ketones (excluding diaryl/α,β-unsaturated/α-hetero) is 3. The minimum Gasteiger partial charge on any atom is -0.462 e. The highest BCUT2D eigenvalue weighted by atomic mass is 19.1. The molecule has 0 radical (unpaired) electrons. The Labute approximate surface area is 427 Å². The van der Waals surface area contributed by atoms with Crippen LogP contribution in [0.4, 0.5) is 13.2 Å². The van der Waals surface area contributed by atoms with E-state index in [4.69, 9.17) is 14.2 Å². The van der Waals surface area contributed by atoms with Crippen LogP contribution in [0.25, 0.3) is 0 Å². The van der Waals surface area contributed by atoms with Crippen molar-refractivity contribution in [3.05, 3.63) is 107 Å². The summed E-state index contributed by atoms with van der Waals surface area (Å²) in [5.41, 5.74) is 1.01. The average Bonchev–Trinajstić information content (AvgIpc) is 3.90. The Hall–Kier alpha value is -5.13. The number of allylic oxidation sites excluding steroid dienone is 15. The fraction of sp³-hybridized carbons (Fsp3) is 0.600. The molecule has 0 saturated carbocycles. The van der Waals surface area contributed by atoms with Crippen LogP contribution in [0.1, 0.15) is 194 Å². The van der Waals surface area contributed by atoms with Gasteiger partial charge in [-0.1, -0.05) is 114 Å². The van der Waals surface area contributed by atoms with E-state index in [2.05, 4.69) is 20.8 Å². The molecule has 0 N–H and O–H groups in total. The van der Waals surface area contributed by atoms with E-state index in [-0.39, 0.29) is 56.4 Å². The maximum absolute atomic E-state index is 14.7. The number of hydrogen-bond donors (Lipinski definition) is 0. The molecule has 0 amide bonds. The third-order valence-electron chi connectivity index (χ3n) is 13.7. The minimum absolute atomic E-state index is 0.169. The first kappa shape index (κ1) is 59.4. The highest BCUT2D eigenvalue weighted by molar-refractivity contribution is 6.11. The second-order valence-corrected chi connectivity index (χ2v) is 19.7. The molecule has 1 aliphatic heterocycles. The van der Waals surface area contributed by atoms with Crippen molar-refractivity contribution in [3.63, 3.8) is 0 Å². The van der Waals surface area contributed by atoms with Crippen LogP contribution in [0.5, 0.6) is 0 Å². The Morgan fingerprint density at radius 2 is 0.681 bits per heavy atom. The molecule has 1 heterocycles. The minimum atomic E-state index is -0.803. The molecular weight excluding hydrogens is 922 g/mol. The molecule has 0 aromatic heterocycles. The fourth-order valence-electron chi connectivity index (χ4n) is 9.49. The van der Waals surface area contributed by atoms with E-state index in [1.165, 1.54) is 18.2 Å². The van der Waals surface area contributed by atoms with E-state index in [9.17, 15) is 41.9 Å². The summed E-state index contributed by atoms with van der Waals surface area (Å²) in [4.78, 5) is 77.9. The number of carbonyl (C=O) groups excluding carboxylic acids is 6. The lowest BCUT2D eigenvalue weighted by Crippen LogP contribution is -2.18. The van der Waals surface area contributed by atoms with Gasteiger partial charge >= 0.3 is 17.9 Å². The van der Waals surface area contributed by atoms with Crippen LogP contribution in [0.2, 0.25) is 0 Å². The van der Waals surface area contributed by atoms with Gasteiger partial charge in [-0.3, -0.25) is 28.8 Å². The van der Waals surface area contributed by atoms with Gasteiger partial charge in [-0.15, -0.1) is 0 Å². The third-order valence-corrected chi connectivity index (χ3v) is 13.7. The summed E-state index contributed by atoms with van der Waals surface area (Å²) in [5, 5.41) is 0. The van der Waals surface area contributed by atoms with Crippen molar-refractivity contribution < 1.29 is 56.1 Å². The van der Waals surface area contributed by atoms with Gasteiger partial charge in [0.2, 0.25) is 17.3 Å². The summed E-state index contributed by atoms with van der Waals surface area (Å²) in [7, 11) is 0. The molecule has 6 atom stereocenters. The lowest BCUT2D eigenvalue weighted by Gasteiger charge is -2.17. The molecule has 12 heteroatoms. The number of halogens is 3. The zero-order valence-electron chi connectivity index (χ0n) is 43.3. The van der Waals surface area contributed by atoms with Crippen molar-refractivity contribution in [2.45, 2.75) is 212 Å². The van der Waals surface area contributed by atoms with E-state index < -0.39 is 70.9 Å². The molecule has 72 heavy (non-hydrogen) atoms. The first-order valence-electron chi connectivity index (χ1n) is 27.2. The number of cyclic esters (lactones) is 3. The number of ether oxygens (including phenoxy) is 3. The van der Waals surface area contributed by atoms with Crippen LogP contribution in [0.3, 0.4) is 0 Å². The van der Waals surface area contributed by atoms with Crippen LogP contribution in [0, 0.1) is 17.8 Å². The van der Waals surface area contributed by atoms with E-state index in [1.54, 1.807) is 18.2 Å². The van der Waals surface area contributed by atoms with Crippen molar-refractivity contribution in [2.75, 3.05) is 0 Å². The highest BCUT2D eigenvalue weighted by Crippen LogP contribution is 2.34. The van der Waals surface area contributed by atoms with Crippen molar-refractivity contribution in [1.29, 1.82) is 0 Å². The van der Waals surface area contributed by atoms with Gasteiger partial charge in [0, 0.05) is 73.0 Å². The van der Waals surface area contributed by atoms with E-state index in [0.717, 1.165) is 57.8 Å². The topological polar surface area (TPSA) is 130 Å². The fourth-order valence-corrected chi connectivity index (χ4v) is 9.49. The molecular formula is C60H81F3O9. The lowest BCUT2D eigenvalue weighted by atomic mass is 9.95. The Balaban J connectivity index is 1.50. The largest absolute Gasteiger partial charge is 0.462 e. The highest BCUT2D eigenvalue weighted by Gasteiger charge is 2.32. The summed E-state index contributed by atoms with van der Waals surface area (Å²) in [6.07, 6.45) is 34.9. The lowest BCUT2D eigenvalue weighted by molar-refractivity contribution is -0.150. The van der Waals surface area contributed by atoms with Crippen molar-refractivity contribution in [3.8, 4) is 0 Å². The SMILES string of the molecule is CCCCC[C@H]1CC=C2C(=O)C(F)=C[C@@H]2CC=CCCCC(=O)O[C@@H](CCCCC)CC=C2C(=O)C(F)=C[C@@H]2CC=CCCCC(=O)O[C@@H](CCCCC)CC=C2C(=O)C(F)=C[C@@H]2CC=CCCCC(=O)O1.